The van der Waals surface area contributed by atoms with E-state index < -0.39 is 12.0 Å². The number of likely N-dealkylation sites (tertiary alicyclic amines) is 1. The summed E-state index contributed by atoms with van der Waals surface area (Å²) in [6, 6.07) is 4.65. The molecule has 1 saturated carbocycles. The molecular weight excluding hydrogens is 378 g/mol. The van der Waals surface area contributed by atoms with Crippen molar-refractivity contribution in [1.29, 1.82) is 0 Å². The normalized spacial score (nSPS) is 22.7. The Hall–Kier alpha value is -2.22. The highest BCUT2D eigenvalue weighted by molar-refractivity contribution is 5.84. The van der Waals surface area contributed by atoms with Gasteiger partial charge in [-0.2, -0.15) is 5.10 Å². The molecule has 1 aliphatic carbocycles. The van der Waals surface area contributed by atoms with Gasteiger partial charge < -0.3 is 15.0 Å². The van der Waals surface area contributed by atoms with Crippen LogP contribution >= 0.6 is 0 Å². The van der Waals surface area contributed by atoms with Crippen molar-refractivity contribution in [2.45, 2.75) is 63.0 Å². The highest BCUT2D eigenvalue weighted by Gasteiger charge is 2.43. The molecule has 2 aromatic rings. The van der Waals surface area contributed by atoms with Crippen molar-refractivity contribution in [2.75, 3.05) is 20.2 Å². The lowest BCUT2D eigenvalue weighted by molar-refractivity contribution is -0.0609. The number of nitrogens with one attached hydrogen (secondary N) is 2. The summed E-state index contributed by atoms with van der Waals surface area (Å²) in [6.45, 7) is 1.60. The summed E-state index contributed by atoms with van der Waals surface area (Å²) in [5.41, 5.74) is 3.04. The zero-order valence-electron chi connectivity index (χ0n) is 16.7. The van der Waals surface area contributed by atoms with Gasteiger partial charge in [0.05, 0.1) is 18.2 Å². The van der Waals surface area contributed by atoms with Gasteiger partial charge in [-0.15, -0.1) is 0 Å². The Morgan fingerprint density at radius 2 is 2.10 bits per heavy atom. The number of rotatable bonds is 4. The second kappa shape index (κ2) is 8.26. The minimum Gasteiger partial charge on any atom is -0.380 e. The lowest BCUT2D eigenvalue weighted by Gasteiger charge is -2.36. The SMILES string of the molecule is COCc1cccc2c(C3CCN(C(=O)NC4CCCCC4(F)F)CC3)[nH]nc12. The lowest BCUT2D eigenvalue weighted by Crippen LogP contribution is -2.54. The molecule has 1 aromatic heterocycles. The van der Waals surface area contributed by atoms with Crippen LogP contribution in [0.1, 0.15) is 55.7 Å². The number of hydrogen-bond acceptors (Lipinski definition) is 3. The van der Waals surface area contributed by atoms with Crippen LogP contribution < -0.4 is 5.32 Å². The average molecular weight is 406 g/mol. The molecule has 2 fully saturated rings. The number of amides is 2. The van der Waals surface area contributed by atoms with Crippen LogP contribution in [0.25, 0.3) is 10.9 Å². The van der Waals surface area contributed by atoms with Crippen molar-refractivity contribution in [1.82, 2.24) is 20.4 Å². The number of methoxy groups -OCH3 is 1. The molecule has 0 spiro atoms. The van der Waals surface area contributed by atoms with Crippen molar-refractivity contribution < 1.29 is 18.3 Å². The zero-order valence-corrected chi connectivity index (χ0v) is 16.7. The van der Waals surface area contributed by atoms with Gasteiger partial charge in [0, 0.05) is 49.2 Å². The molecule has 0 bridgehead atoms. The van der Waals surface area contributed by atoms with E-state index in [1.807, 2.05) is 12.1 Å². The number of urea groups is 1. The van der Waals surface area contributed by atoms with Gasteiger partial charge in [-0.05, 0) is 25.7 Å². The number of aromatic nitrogens is 2. The molecule has 2 amide bonds. The molecule has 1 atom stereocenters. The maximum Gasteiger partial charge on any atom is 0.317 e. The van der Waals surface area contributed by atoms with Gasteiger partial charge in [-0.25, -0.2) is 13.6 Å². The van der Waals surface area contributed by atoms with E-state index in [1.54, 1.807) is 12.0 Å². The number of carbonyl (C=O) groups is 1. The Morgan fingerprint density at radius 1 is 1.31 bits per heavy atom. The van der Waals surface area contributed by atoms with Gasteiger partial charge in [0.15, 0.2) is 0 Å². The molecule has 1 aromatic carbocycles. The number of fused-ring (bicyclic) bond motifs is 1. The number of halogens is 2. The molecule has 4 rings (SSSR count). The van der Waals surface area contributed by atoms with Crippen LogP contribution in [-0.2, 0) is 11.3 Å². The molecule has 158 valence electrons. The van der Waals surface area contributed by atoms with Crippen LogP contribution in [0, 0.1) is 0 Å². The molecular formula is C21H28F2N4O2. The van der Waals surface area contributed by atoms with E-state index in [2.05, 4.69) is 21.6 Å². The van der Waals surface area contributed by atoms with Gasteiger partial charge in [0.1, 0.15) is 0 Å². The number of H-pyrrole nitrogens is 1. The predicted octanol–water partition coefficient (Wildman–Crippen LogP) is 4.18. The minimum atomic E-state index is -2.80. The quantitative estimate of drug-likeness (QED) is 0.800. The zero-order chi connectivity index (χ0) is 20.4. The van der Waals surface area contributed by atoms with E-state index in [0.29, 0.717) is 32.5 Å². The van der Waals surface area contributed by atoms with E-state index in [9.17, 15) is 13.6 Å². The molecule has 2 N–H and O–H groups in total. The number of carbonyl (C=O) groups excluding carboxylic acids is 1. The summed E-state index contributed by atoms with van der Waals surface area (Å²) in [5.74, 6) is -2.54. The smallest absolute Gasteiger partial charge is 0.317 e. The molecule has 1 aliphatic heterocycles. The first kappa shape index (κ1) is 20.1. The van der Waals surface area contributed by atoms with Crippen molar-refractivity contribution in [3.05, 3.63) is 29.5 Å². The molecule has 29 heavy (non-hydrogen) atoms. The van der Waals surface area contributed by atoms with Gasteiger partial charge in [0.2, 0.25) is 0 Å². The molecule has 0 radical (unpaired) electrons. The first-order chi connectivity index (χ1) is 14.0. The standard InChI is InChI=1S/C21H28F2N4O2/c1-29-13-15-5-4-6-16-18(25-26-19(15)16)14-8-11-27(12-9-14)20(28)24-17-7-2-3-10-21(17,22)23/h4-6,14,17H,2-3,7-13H2,1H3,(H,24,28)(H,25,26). The molecule has 2 aliphatic rings. The third-order valence-electron chi connectivity index (χ3n) is 6.25. The number of benzene rings is 1. The van der Waals surface area contributed by atoms with Crippen molar-refractivity contribution in [3.63, 3.8) is 0 Å². The fourth-order valence-electron chi connectivity index (χ4n) is 4.58. The van der Waals surface area contributed by atoms with Gasteiger partial charge in [-0.3, -0.25) is 5.10 Å². The number of para-hydroxylation sites is 1. The number of ether oxygens (including phenoxy) is 1. The van der Waals surface area contributed by atoms with Crippen molar-refractivity contribution in [2.24, 2.45) is 0 Å². The average Bonchev–Trinajstić information content (AvgIpc) is 3.15. The van der Waals surface area contributed by atoms with Crippen molar-refractivity contribution >= 4 is 16.9 Å². The highest BCUT2D eigenvalue weighted by Crippen LogP contribution is 2.35. The van der Waals surface area contributed by atoms with E-state index in [0.717, 1.165) is 41.4 Å². The third-order valence-corrected chi connectivity index (χ3v) is 6.25. The second-order valence-corrected chi connectivity index (χ2v) is 8.15. The fourth-order valence-corrected chi connectivity index (χ4v) is 4.58. The molecule has 1 saturated heterocycles. The summed E-state index contributed by atoms with van der Waals surface area (Å²) in [7, 11) is 1.66. The summed E-state index contributed by atoms with van der Waals surface area (Å²) in [5, 5.41) is 11.3. The molecule has 2 heterocycles. The first-order valence-electron chi connectivity index (χ1n) is 10.4. The van der Waals surface area contributed by atoms with Gasteiger partial charge >= 0.3 is 6.03 Å². The molecule has 1 unspecified atom stereocenters. The Kier molecular flexibility index (Phi) is 5.72. The predicted molar refractivity (Wildman–Crippen MR) is 106 cm³/mol. The Labute approximate surface area is 169 Å². The maximum atomic E-state index is 14.0. The monoisotopic (exact) mass is 406 g/mol. The summed E-state index contributed by atoms with van der Waals surface area (Å²) >= 11 is 0. The van der Waals surface area contributed by atoms with Crippen LogP contribution in [0.3, 0.4) is 0 Å². The summed E-state index contributed by atoms with van der Waals surface area (Å²) < 4.78 is 33.3. The third kappa shape index (κ3) is 4.08. The van der Waals surface area contributed by atoms with Crippen LogP contribution in [-0.4, -0.2) is 53.3 Å². The van der Waals surface area contributed by atoms with Crippen molar-refractivity contribution in [3.8, 4) is 0 Å². The maximum absolute atomic E-state index is 14.0. The number of piperidine rings is 1. The molecule has 6 nitrogen and oxygen atoms in total. The van der Waals surface area contributed by atoms with E-state index in [1.165, 1.54) is 0 Å². The summed E-state index contributed by atoms with van der Waals surface area (Å²) in [4.78, 5) is 14.2. The number of hydrogen-bond donors (Lipinski definition) is 2. The van der Waals surface area contributed by atoms with Gasteiger partial charge in [0.25, 0.3) is 5.92 Å². The second-order valence-electron chi connectivity index (χ2n) is 8.15. The lowest BCUT2D eigenvalue weighted by atomic mass is 9.90. The summed E-state index contributed by atoms with van der Waals surface area (Å²) in [6.07, 6.45) is 3.02. The van der Waals surface area contributed by atoms with Crippen LogP contribution in [0.5, 0.6) is 0 Å². The Balaban J connectivity index is 1.39. The topological polar surface area (TPSA) is 70.2 Å². The highest BCUT2D eigenvalue weighted by atomic mass is 19.3. The Morgan fingerprint density at radius 3 is 2.83 bits per heavy atom. The van der Waals surface area contributed by atoms with E-state index in [-0.39, 0.29) is 18.4 Å². The van der Waals surface area contributed by atoms with Crippen LogP contribution in [0.2, 0.25) is 0 Å². The first-order valence-corrected chi connectivity index (χ1v) is 10.4. The Bertz CT molecular complexity index is 861. The minimum absolute atomic E-state index is 0.141. The van der Waals surface area contributed by atoms with Crippen LogP contribution in [0.4, 0.5) is 13.6 Å². The fraction of sp³-hybridized carbons (Fsp3) is 0.619. The molecule has 8 heteroatoms. The van der Waals surface area contributed by atoms with E-state index in [4.69, 9.17) is 4.74 Å². The van der Waals surface area contributed by atoms with Gasteiger partial charge in [-0.1, -0.05) is 24.6 Å². The largest absolute Gasteiger partial charge is 0.380 e. The van der Waals surface area contributed by atoms with Crippen LogP contribution in [0.15, 0.2) is 18.2 Å². The number of nitrogens with zero attached hydrogens (tertiary/aromatic N) is 2. The number of alkyl halides is 2. The number of aromatic amines is 1. The van der Waals surface area contributed by atoms with E-state index >= 15 is 0 Å².